The maximum absolute atomic E-state index is 11.8. The summed E-state index contributed by atoms with van der Waals surface area (Å²) in [4.78, 5) is 15.8. The van der Waals surface area contributed by atoms with Gasteiger partial charge in [-0.2, -0.15) is 0 Å². The van der Waals surface area contributed by atoms with Crippen molar-refractivity contribution in [2.75, 3.05) is 11.6 Å². The average Bonchev–Trinajstić information content (AvgIpc) is 2.73. The molecule has 0 amide bonds. The third-order valence-electron chi connectivity index (χ3n) is 2.50. The number of hydrogen-bond donors (Lipinski definition) is 1. The van der Waals surface area contributed by atoms with Crippen LogP contribution in [-0.2, 0) is 9.53 Å². The number of carbonyl (C=O) groups excluding carboxylic acids is 1. The molecule has 0 bridgehead atoms. The minimum absolute atomic E-state index is 0.271. The standard InChI is InChI=1S/C11H14ClN3O2/c1-2-17-11(16)9-6-10(12)14-15(9)8-4-3-5-13-7-8/h3-5,7,9-10,14H,2,6H2,1H3. The summed E-state index contributed by atoms with van der Waals surface area (Å²) in [5.41, 5.74) is 3.54. The van der Waals surface area contributed by atoms with Gasteiger partial charge in [0.25, 0.3) is 0 Å². The van der Waals surface area contributed by atoms with Gasteiger partial charge in [0, 0.05) is 12.6 Å². The van der Waals surface area contributed by atoms with Crippen molar-refractivity contribution in [2.24, 2.45) is 0 Å². The molecule has 92 valence electrons. The molecule has 0 aromatic carbocycles. The zero-order valence-electron chi connectivity index (χ0n) is 9.47. The molecule has 1 aliphatic heterocycles. The summed E-state index contributed by atoms with van der Waals surface area (Å²) in [7, 11) is 0. The lowest BCUT2D eigenvalue weighted by atomic mass is 10.2. The molecular formula is C11H14ClN3O2. The summed E-state index contributed by atoms with van der Waals surface area (Å²) in [5.74, 6) is -0.271. The topological polar surface area (TPSA) is 54.5 Å². The molecule has 1 aromatic rings. The van der Waals surface area contributed by atoms with Gasteiger partial charge >= 0.3 is 5.97 Å². The second-order valence-electron chi connectivity index (χ2n) is 3.68. The lowest BCUT2D eigenvalue weighted by Crippen LogP contribution is -2.43. The van der Waals surface area contributed by atoms with E-state index in [1.54, 1.807) is 30.4 Å². The normalized spacial score (nSPS) is 23.8. The van der Waals surface area contributed by atoms with E-state index in [1.807, 2.05) is 6.07 Å². The molecule has 2 unspecified atom stereocenters. The van der Waals surface area contributed by atoms with Crippen LogP contribution in [0.1, 0.15) is 13.3 Å². The minimum atomic E-state index is -0.401. The number of anilines is 1. The first kappa shape index (κ1) is 12.1. The molecule has 2 atom stereocenters. The second kappa shape index (κ2) is 5.33. The van der Waals surface area contributed by atoms with Gasteiger partial charge in [-0.25, -0.2) is 10.2 Å². The number of pyridine rings is 1. The van der Waals surface area contributed by atoms with Crippen molar-refractivity contribution < 1.29 is 9.53 Å². The van der Waals surface area contributed by atoms with E-state index in [4.69, 9.17) is 16.3 Å². The molecule has 17 heavy (non-hydrogen) atoms. The number of aromatic nitrogens is 1. The molecule has 0 radical (unpaired) electrons. The van der Waals surface area contributed by atoms with Crippen molar-refractivity contribution in [1.29, 1.82) is 0 Å². The first-order valence-corrected chi connectivity index (χ1v) is 5.92. The zero-order valence-corrected chi connectivity index (χ0v) is 10.2. The Balaban J connectivity index is 2.17. The van der Waals surface area contributed by atoms with E-state index in [9.17, 15) is 4.79 Å². The molecule has 1 N–H and O–H groups in total. The number of ether oxygens (including phenoxy) is 1. The van der Waals surface area contributed by atoms with E-state index in [1.165, 1.54) is 0 Å². The van der Waals surface area contributed by atoms with Gasteiger partial charge in [0.05, 0.1) is 18.5 Å². The predicted octanol–water partition coefficient (Wildman–Crippen LogP) is 1.29. The van der Waals surface area contributed by atoms with Gasteiger partial charge in [-0.05, 0) is 19.1 Å². The summed E-state index contributed by atoms with van der Waals surface area (Å²) < 4.78 is 5.03. The number of halogens is 1. The molecule has 2 rings (SSSR count). The van der Waals surface area contributed by atoms with E-state index in [-0.39, 0.29) is 11.5 Å². The Labute approximate surface area is 105 Å². The molecule has 1 aliphatic rings. The molecule has 2 heterocycles. The Hall–Kier alpha value is -1.33. The molecule has 1 saturated heterocycles. The van der Waals surface area contributed by atoms with Crippen LogP contribution >= 0.6 is 11.6 Å². The van der Waals surface area contributed by atoms with E-state index >= 15 is 0 Å². The molecule has 0 spiro atoms. The van der Waals surface area contributed by atoms with Gasteiger partial charge in [-0.3, -0.25) is 9.99 Å². The quantitative estimate of drug-likeness (QED) is 0.501. The second-order valence-corrected chi connectivity index (χ2v) is 4.21. The first-order valence-electron chi connectivity index (χ1n) is 5.48. The first-order chi connectivity index (χ1) is 8.22. The lowest BCUT2D eigenvalue weighted by molar-refractivity contribution is -0.144. The van der Waals surface area contributed by atoms with Crippen molar-refractivity contribution in [3.63, 3.8) is 0 Å². The van der Waals surface area contributed by atoms with Crippen LogP contribution in [0.15, 0.2) is 24.5 Å². The zero-order chi connectivity index (χ0) is 12.3. The highest BCUT2D eigenvalue weighted by Gasteiger charge is 2.37. The molecule has 0 aliphatic carbocycles. The smallest absolute Gasteiger partial charge is 0.330 e. The highest BCUT2D eigenvalue weighted by molar-refractivity contribution is 6.21. The summed E-state index contributed by atoms with van der Waals surface area (Å²) in [6.07, 6.45) is 3.86. The van der Waals surface area contributed by atoms with Crippen LogP contribution in [0.25, 0.3) is 0 Å². The van der Waals surface area contributed by atoms with Crippen molar-refractivity contribution >= 4 is 23.3 Å². The number of carbonyl (C=O) groups is 1. The fraction of sp³-hybridized carbons (Fsp3) is 0.455. The molecule has 1 aromatic heterocycles. The summed E-state index contributed by atoms with van der Waals surface area (Å²) in [6.45, 7) is 2.15. The van der Waals surface area contributed by atoms with Crippen molar-refractivity contribution in [3.8, 4) is 0 Å². The van der Waals surface area contributed by atoms with Crippen LogP contribution in [0.5, 0.6) is 0 Å². The van der Waals surface area contributed by atoms with E-state index in [0.717, 1.165) is 5.69 Å². The van der Waals surface area contributed by atoms with Gasteiger partial charge < -0.3 is 4.74 Å². The van der Waals surface area contributed by atoms with Gasteiger partial charge in [0.15, 0.2) is 0 Å². The van der Waals surface area contributed by atoms with E-state index in [0.29, 0.717) is 13.0 Å². The Bertz CT molecular complexity index is 388. The van der Waals surface area contributed by atoms with Crippen LogP contribution in [-0.4, -0.2) is 29.1 Å². The fourth-order valence-electron chi connectivity index (χ4n) is 1.79. The van der Waals surface area contributed by atoms with E-state index in [2.05, 4.69) is 10.4 Å². The van der Waals surface area contributed by atoms with Crippen LogP contribution in [0, 0.1) is 0 Å². The Morgan fingerprint density at radius 1 is 1.76 bits per heavy atom. The number of hydrazine groups is 1. The van der Waals surface area contributed by atoms with E-state index < -0.39 is 6.04 Å². The lowest BCUT2D eigenvalue weighted by Gasteiger charge is -2.24. The van der Waals surface area contributed by atoms with Gasteiger partial charge in [0.2, 0.25) is 0 Å². The number of rotatable bonds is 3. The Morgan fingerprint density at radius 2 is 2.59 bits per heavy atom. The van der Waals surface area contributed by atoms with Crippen LogP contribution in [0.2, 0.25) is 0 Å². The largest absolute Gasteiger partial charge is 0.464 e. The summed E-state index contributed by atoms with van der Waals surface area (Å²) in [6, 6.07) is 3.27. The Kier molecular flexibility index (Phi) is 3.81. The third kappa shape index (κ3) is 2.68. The molecular weight excluding hydrogens is 242 g/mol. The maximum atomic E-state index is 11.8. The van der Waals surface area contributed by atoms with Crippen molar-refractivity contribution in [2.45, 2.75) is 24.9 Å². The highest BCUT2D eigenvalue weighted by Crippen LogP contribution is 2.24. The van der Waals surface area contributed by atoms with Gasteiger partial charge in [0.1, 0.15) is 11.5 Å². The minimum Gasteiger partial charge on any atom is -0.464 e. The molecule has 1 fully saturated rings. The number of hydrogen-bond acceptors (Lipinski definition) is 5. The number of nitrogens with zero attached hydrogens (tertiary/aromatic N) is 2. The van der Waals surface area contributed by atoms with Crippen LogP contribution < -0.4 is 10.4 Å². The third-order valence-corrected chi connectivity index (χ3v) is 2.78. The van der Waals surface area contributed by atoms with Crippen LogP contribution in [0.4, 0.5) is 5.69 Å². The monoisotopic (exact) mass is 255 g/mol. The van der Waals surface area contributed by atoms with Crippen LogP contribution in [0.3, 0.4) is 0 Å². The molecule has 6 heteroatoms. The number of alkyl halides is 1. The van der Waals surface area contributed by atoms with Gasteiger partial charge in [-0.1, -0.05) is 0 Å². The summed E-state index contributed by atoms with van der Waals surface area (Å²) >= 11 is 6.01. The predicted molar refractivity (Wildman–Crippen MR) is 64.5 cm³/mol. The Morgan fingerprint density at radius 3 is 3.24 bits per heavy atom. The number of nitrogens with one attached hydrogen (secondary N) is 1. The molecule has 0 saturated carbocycles. The van der Waals surface area contributed by atoms with Crippen molar-refractivity contribution in [3.05, 3.63) is 24.5 Å². The SMILES string of the molecule is CCOC(=O)C1CC(Cl)NN1c1cccnc1. The van der Waals surface area contributed by atoms with Gasteiger partial charge in [-0.15, -0.1) is 11.6 Å². The maximum Gasteiger partial charge on any atom is 0.330 e. The number of esters is 1. The highest BCUT2D eigenvalue weighted by atomic mass is 35.5. The summed E-state index contributed by atoms with van der Waals surface area (Å²) in [5, 5.41) is 1.71. The fourth-order valence-corrected chi connectivity index (χ4v) is 2.06. The van der Waals surface area contributed by atoms with Crippen molar-refractivity contribution in [1.82, 2.24) is 10.4 Å². The average molecular weight is 256 g/mol. The molecule has 5 nitrogen and oxygen atoms in total.